The van der Waals surface area contributed by atoms with Crippen molar-refractivity contribution in [1.82, 2.24) is 9.03 Å². The molecule has 0 aromatic heterocycles. The highest BCUT2D eigenvalue weighted by Gasteiger charge is 2.30. The van der Waals surface area contributed by atoms with Gasteiger partial charge in [-0.2, -0.15) is 4.31 Å². The summed E-state index contributed by atoms with van der Waals surface area (Å²) < 4.78 is 55.3. The highest BCUT2D eigenvalue weighted by Crippen LogP contribution is 2.32. The van der Waals surface area contributed by atoms with Gasteiger partial charge in [-0.25, -0.2) is 21.6 Å². The quantitative estimate of drug-likeness (QED) is 0.653. The van der Waals surface area contributed by atoms with Crippen LogP contribution in [0.25, 0.3) is 0 Å². The van der Waals surface area contributed by atoms with Gasteiger partial charge < -0.3 is 4.90 Å². The van der Waals surface area contributed by atoms with Crippen LogP contribution in [0.2, 0.25) is 0 Å². The van der Waals surface area contributed by atoms with Crippen LogP contribution in [-0.2, 0) is 26.5 Å². The van der Waals surface area contributed by atoms with E-state index in [1.54, 1.807) is 35.2 Å². The van der Waals surface area contributed by atoms with Gasteiger partial charge in [0.1, 0.15) is 0 Å². The molecule has 0 atom stereocenters. The molecule has 182 valence electrons. The summed E-state index contributed by atoms with van der Waals surface area (Å²) in [6.45, 7) is 1.50. The Balaban J connectivity index is 1.33. The molecule has 2 aromatic carbocycles. The second-order valence-electron chi connectivity index (χ2n) is 9.24. The monoisotopic (exact) mass is 503 g/mol. The lowest BCUT2D eigenvalue weighted by atomic mass is 10.1. The van der Waals surface area contributed by atoms with E-state index < -0.39 is 20.0 Å². The highest BCUT2D eigenvalue weighted by molar-refractivity contribution is 7.89. The molecule has 0 bridgehead atoms. The van der Waals surface area contributed by atoms with E-state index in [0.717, 1.165) is 44.1 Å². The van der Waals surface area contributed by atoms with E-state index in [1.165, 1.54) is 16.4 Å². The lowest BCUT2D eigenvalue weighted by Crippen LogP contribution is -2.32. The van der Waals surface area contributed by atoms with Gasteiger partial charge in [-0.1, -0.05) is 12.8 Å². The average molecular weight is 504 g/mol. The predicted molar refractivity (Wildman–Crippen MR) is 129 cm³/mol. The number of nitrogens with zero attached hydrogens (tertiary/aromatic N) is 2. The van der Waals surface area contributed by atoms with Crippen LogP contribution >= 0.6 is 0 Å². The summed E-state index contributed by atoms with van der Waals surface area (Å²) in [6, 6.07) is 11.0. The van der Waals surface area contributed by atoms with Crippen LogP contribution in [0, 0.1) is 0 Å². The zero-order chi connectivity index (χ0) is 23.9. The van der Waals surface area contributed by atoms with E-state index >= 15 is 0 Å². The third kappa shape index (κ3) is 4.39. The minimum Gasteiger partial charge on any atom is -0.308 e. The highest BCUT2D eigenvalue weighted by atomic mass is 32.2. The summed E-state index contributed by atoms with van der Waals surface area (Å²) in [5.74, 6) is -0.233. The molecule has 2 aliphatic heterocycles. The van der Waals surface area contributed by atoms with Gasteiger partial charge >= 0.3 is 0 Å². The van der Waals surface area contributed by atoms with E-state index in [4.69, 9.17) is 0 Å². The van der Waals surface area contributed by atoms with Gasteiger partial charge in [0.15, 0.2) is 0 Å². The van der Waals surface area contributed by atoms with Crippen LogP contribution in [0.1, 0.15) is 54.4 Å². The topological polar surface area (TPSA) is 104 Å². The molecule has 0 radical (unpaired) electrons. The fourth-order valence-corrected chi connectivity index (χ4v) is 7.96. The normalized spacial score (nSPS) is 19.6. The van der Waals surface area contributed by atoms with Crippen LogP contribution < -0.4 is 9.62 Å². The molecule has 1 saturated heterocycles. The molecule has 1 amide bonds. The fourth-order valence-electron chi connectivity index (χ4n) is 5.09. The Kier molecular flexibility index (Phi) is 6.26. The Hall–Kier alpha value is -2.27. The summed E-state index contributed by atoms with van der Waals surface area (Å²) in [7, 11) is -7.13. The van der Waals surface area contributed by atoms with Gasteiger partial charge in [0, 0.05) is 36.9 Å². The second kappa shape index (κ2) is 9.07. The maximum Gasteiger partial charge on any atom is 0.258 e. The Morgan fingerprint density at radius 3 is 2.15 bits per heavy atom. The predicted octanol–water partition coefficient (Wildman–Crippen LogP) is 2.89. The standard InChI is InChI=1S/C24H29N3O5S2/c28-24(18-7-9-21(10-8-18)34(31,32)26-14-3-4-15-26)27-16-13-19-17-22(11-12-23(19)27)33(29,30)25-20-5-1-2-6-20/h7-12,17,20,25H,1-6,13-16H2. The SMILES string of the molecule is O=C(c1ccc(S(=O)(=O)N2CCCC2)cc1)N1CCc2cc(S(=O)(=O)NC3CCCC3)ccc21. The van der Waals surface area contributed by atoms with E-state index in [1.807, 2.05) is 0 Å². The number of sulfonamides is 2. The molecule has 2 aromatic rings. The Morgan fingerprint density at radius 1 is 0.824 bits per heavy atom. The van der Waals surface area contributed by atoms with Crippen molar-refractivity contribution in [1.29, 1.82) is 0 Å². The molecule has 8 nitrogen and oxygen atoms in total. The van der Waals surface area contributed by atoms with Gasteiger partial charge in [-0.15, -0.1) is 0 Å². The molecule has 0 spiro atoms. The summed E-state index contributed by atoms with van der Waals surface area (Å²) in [4.78, 5) is 15.2. The third-order valence-corrected chi connectivity index (χ3v) is 10.4. The largest absolute Gasteiger partial charge is 0.308 e. The van der Waals surface area contributed by atoms with Crippen LogP contribution in [0.4, 0.5) is 5.69 Å². The van der Waals surface area contributed by atoms with Crippen LogP contribution in [-0.4, -0.2) is 52.7 Å². The molecule has 1 saturated carbocycles. The van der Waals surface area contributed by atoms with E-state index in [0.29, 0.717) is 37.3 Å². The maximum absolute atomic E-state index is 13.2. The van der Waals surface area contributed by atoms with Gasteiger partial charge in [0.25, 0.3) is 5.91 Å². The molecule has 1 aliphatic carbocycles. The summed E-state index contributed by atoms with van der Waals surface area (Å²) in [5, 5.41) is 0. The van der Waals surface area contributed by atoms with Crippen molar-refractivity contribution in [2.24, 2.45) is 0 Å². The smallest absolute Gasteiger partial charge is 0.258 e. The third-order valence-electron chi connectivity index (χ3n) is 6.98. The number of amides is 1. The fraction of sp³-hybridized carbons (Fsp3) is 0.458. The van der Waals surface area contributed by atoms with Crippen molar-refractivity contribution in [3.63, 3.8) is 0 Å². The number of fused-ring (bicyclic) bond motifs is 1. The van der Waals surface area contributed by atoms with Crippen molar-refractivity contribution in [2.45, 2.75) is 60.8 Å². The number of hydrogen-bond donors (Lipinski definition) is 1. The first kappa shape index (κ1) is 23.5. The molecule has 2 heterocycles. The first-order chi connectivity index (χ1) is 16.3. The molecular formula is C24H29N3O5S2. The Morgan fingerprint density at radius 2 is 1.47 bits per heavy atom. The number of anilines is 1. The molecule has 1 N–H and O–H groups in total. The second-order valence-corrected chi connectivity index (χ2v) is 12.9. The summed E-state index contributed by atoms with van der Waals surface area (Å²) in [5.41, 5.74) is 1.90. The molecule has 34 heavy (non-hydrogen) atoms. The van der Waals surface area contributed by atoms with E-state index in [9.17, 15) is 21.6 Å². The number of rotatable bonds is 6. The first-order valence-electron chi connectivity index (χ1n) is 11.8. The number of benzene rings is 2. The summed E-state index contributed by atoms with van der Waals surface area (Å²) >= 11 is 0. The number of nitrogens with one attached hydrogen (secondary N) is 1. The molecule has 5 rings (SSSR count). The first-order valence-corrected chi connectivity index (χ1v) is 14.8. The maximum atomic E-state index is 13.2. The molecule has 3 aliphatic rings. The zero-order valence-corrected chi connectivity index (χ0v) is 20.6. The van der Waals surface area contributed by atoms with Crippen molar-refractivity contribution < 1.29 is 21.6 Å². The lowest BCUT2D eigenvalue weighted by molar-refractivity contribution is 0.0989. The van der Waals surface area contributed by atoms with Gasteiger partial charge in [-0.3, -0.25) is 4.79 Å². The number of hydrogen-bond acceptors (Lipinski definition) is 5. The Labute approximate surface area is 201 Å². The molecule has 2 fully saturated rings. The number of carbonyl (C=O) groups is 1. The average Bonchev–Trinajstić information content (AvgIpc) is 3.60. The molecule has 10 heteroatoms. The summed E-state index contributed by atoms with van der Waals surface area (Å²) in [6.07, 6.45) is 6.11. The molecule has 0 unspecified atom stereocenters. The van der Waals surface area contributed by atoms with Crippen molar-refractivity contribution in [2.75, 3.05) is 24.5 Å². The Bertz CT molecular complexity index is 1290. The van der Waals surface area contributed by atoms with Gasteiger partial charge in [0.2, 0.25) is 20.0 Å². The lowest BCUT2D eigenvalue weighted by Gasteiger charge is -2.19. The van der Waals surface area contributed by atoms with Crippen LogP contribution in [0.15, 0.2) is 52.3 Å². The van der Waals surface area contributed by atoms with Gasteiger partial charge in [0.05, 0.1) is 9.79 Å². The van der Waals surface area contributed by atoms with Crippen LogP contribution in [0.5, 0.6) is 0 Å². The van der Waals surface area contributed by atoms with Crippen molar-refractivity contribution in [3.8, 4) is 0 Å². The van der Waals surface area contributed by atoms with Gasteiger partial charge in [-0.05, 0) is 80.1 Å². The molecular weight excluding hydrogens is 474 g/mol. The van der Waals surface area contributed by atoms with Crippen LogP contribution in [0.3, 0.4) is 0 Å². The van der Waals surface area contributed by atoms with Crippen molar-refractivity contribution in [3.05, 3.63) is 53.6 Å². The van der Waals surface area contributed by atoms with E-state index in [-0.39, 0.29) is 21.7 Å². The minimum atomic E-state index is -3.60. The minimum absolute atomic E-state index is 0.00594. The van der Waals surface area contributed by atoms with Crippen molar-refractivity contribution >= 4 is 31.6 Å². The zero-order valence-electron chi connectivity index (χ0n) is 18.9. The number of carbonyl (C=O) groups excluding carboxylic acids is 1. The van der Waals surface area contributed by atoms with E-state index in [2.05, 4.69) is 4.72 Å².